The van der Waals surface area contributed by atoms with E-state index in [9.17, 15) is 4.79 Å². The summed E-state index contributed by atoms with van der Waals surface area (Å²) < 4.78 is 0. The maximum atomic E-state index is 9.77. The Labute approximate surface area is 45.3 Å². The van der Waals surface area contributed by atoms with Gasteiger partial charge in [-0.3, -0.25) is 0 Å². The van der Waals surface area contributed by atoms with Gasteiger partial charge in [-0.15, -0.1) is 0 Å². The Balaban J connectivity index is 3.32. The van der Waals surface area contributed by atoms with Crippen molar-refractivity contribution in [1.82, 2.24) is 0 Å². The molecule has 0 bridgehead atoms. The van der Waals surface area contributed by atoms with Gasteiger partial charge in [-0.25, -0.2) is 10.1 Å². The van der Waals surface area contributed by atoms with Crippen LogP contribution in [0.1, 0.15) is 6.92 Å². The predicted molar refractivity (Wildman–Crippen MR) is 21.9 cm³/mol. The quantitative estimate of drug-likeness (QED) is 0.403. The fourth-order valence-electron chi connectivity index (χ4n) is 0.106. The smallest absolute Gasteiger partial charge is 0.336 e. The molecule has 48 valence electrons. The van der Waals surface area contributed by atoms with E-state index in [1.165, 1.54) is 6.92 Å². The minimum atomic E-state index is -1.20. The lowest BCUT2D eigenvalue weighted by atomic mass is 10.4. The van der Waals surface area contributed by atoms with Gasteiger partial charge in [0.2, 0.25) is 0 Å². The molecular weight excluding hydrogens is 116 g/mol. The molecule has 1 unspecified atom stereocenters. The van der Waals surface area contributed by atoms with E-state index in [-0.39, 0.29) is 0 Å². The molecule has 0 rings (SSSR count). The molecule has 0 aliphatic rings. The number of carboxylic acids is 1. The lowest BCUT2D eigenvalue weighted by Gasteiger charge is -1.99. The first kappa shape index (κ1) is 7.35. The lowest BCUT2D eigenvalue weighted by molar-refractivity contribution is -0.499. The van der Waals surface area contributed by atoms with Crippen LogP contribution in [0.5, 0.6) is 0 Å². The first-order valence-electron chi connectivity index (χ1n) is 1.88. The summed E-state index contributed by atoms with van der Waals surface area (Å²) in [5, 5.41) is 18.6. The van der Waals surface area contributed by atoms with Gasteiger partial charge < -0.3 is 5.11 Å². The average Bonchev–Trinajstić information content (AvgIpc) is 1.67. The molecule has 0 fully saturated rings. The van der Waals surface area contributed by atoms with Gasteiger partial charge >= 0.3 is 5.97 Å². The van der Waals surface area contributed by atoms with E-state index < -0.39 is 12.1 Å². The molecule has 2 N–H and O–H groups in total. The minimum absolute atomic E-state index is 1.14. The molecule has 0 heterocycles. The zero-order chi connectivity index (χ0) is 6.57. The van der Waals surface area contributed by atoms with Gasteiger partial charge in [0, 0.05) is 0 Å². The molecule has 5 nitrogen and oxygen atoms in total. The summed E-state index contributed by atoms with van der Waals surface area (Å²) in [7, 11) is 0. The van der Waals surface area contributed by atoms with Gasteiger partial charge in [-0.2, -0.15) is 4.89 Å². The molecule has 0 amide bonds. The van der Waals surface area contributed by atoms with Crippen molar-refractivity contribution in [2.24, 2.45) is 0 Å². The van der Waals surface area contributed by atoms with Crippen molar-refractivity contribution in [1.29, 1.82) is 0 Å². The summed E-state index contributed by atoms with van der Waals surface area (Å²) in [6, 6.07) is 0. The van der Waals surface area contributed by atoms with Crippen LogP contribution in [0, 0.1) is 0 Å². The minimum Gasteiger partial charge on any atom is -0.479 e. The fraction of sp³-hybridized carbons (Fsp3) is 0.667. The molecule has 0 aromatic rings. The number of hydrogen-bond donors (Lipinski definition) is 2. The highest BCUT2D eigenvalue weighted by molar-refractivity contribution is 5.71. The van der Waals surface area contributed by atoms with Gasteiger partial charge in [-0.05, 0) is 6.92 Å². The second kappa shape index (κ2) is 3.36. The second-order valence-electron chi connectivity index (χ2n) is 1.15. The third-order valence-corrected chi connectivity index (χ3v) is 0.535. The lowest BCUT2D eigenvalue weighted by Crippen LogP contribution is -2.19. The van der Waals surface area contributed by atoms with Crippen LogP contribution in [0.4, 0.5) is 0 Å². The van der Waals surface area contributed by atoms with Crippen LogP contribution in [0.15, 0.2) is 0 Å². The molecule has 0 aliphatic carbocycles. The standard InChI is InChI=1S/C3H6O5/c1-2(3(4)5)7-8-6/h2,6H,1H3,(H,4,5). The molecule has 5 heteroatoms. The van der Waals surface area contributed by atoms with Crippen molar-refractivity contribution in [3.63, 3.8) is 0 Å². The van der Waals surface area contributed by atoms with Crippen molar-refractivity contribution < 1.29 is 25.1 Å². The molecular formula is C3H6O5. The predicted octanol–water partition coefficient (Wildman–Crippen LogP) is -0.119. The molecule has 0 saturated carbocycles. The first-order chi connectivity index (χ1) is 3.68. The van der Waals surface area contributed by atoms with Gasteiger partial charge in [0.15, 0.2) is 6.10 Å². The van der Waals surface area contributed by atoms with Crippen LogP contribution in [0.25, 0.3) is 0 Å². The molecule has 1 atom stereocenters. The van der Waals surface area contributed by atoms with Crippen LogP contribution in [0.2, 0.25) is 0 Å². The van der Waals surface area contributed by atoms with E-state index in [2.05, 4.69) is 9.93 Å². The summed E-state index contributed by atoms with van der Waals surface area (Å²) in [6.07, 6.45) is -1.14. The third-order valence-electron chi connectivity index (χ3n) is 0.535. The number of aliphatic carboxylic acids is 1. The van der Waals surface area contributed by atoms with Gasteiger partial charge in [0.25, 0.3) is 0 Å². The molecule has 0 aliphatic heterocycles. The van der Waals surface area contributed by atoms with Gasteiger partial charge in [0.1, 0.15) is 0 Å². The summed E-state index contributed by atoms with van der Waals surface area (Å²) in [4.78, 5) is 13.5. The topological polar surface area (TPSA) is 76.0 Å². The molecule has 8 heavy (non-hydrogen) atoms. The molecule has 0 saturated heterocycles. The maximum Gasteiger partial charge on any atom is 0.336 e. The highest BCUT2D eigenvalue weighted by atomic mass is 17.5. The summed E-state index contributed by atoms with van der Waals surface area (Å²) in [6.45, 7) is 1.22. The van der Waals surface area contributed by atoms with Crippen molar-refractivity contribution in [3.8, 4) is 0 Å². The summed E-state index contributed by atoms with van der Waals surface area (Å²) in [5.41, 5.74) is 0. The molecule has 0 spiro atoms. The largest absolute Gasteiger partial charge is 0.479 e. The molecule has 0 aromatic heterocycles. The second-order valence-corrected chi connectivity index (χ2v) is 1.15. The number of rotatable bonds is 3. The Kier molecular flexibility index (Phi) is 3.09. The maximum absolute atomic E-state index is 9.77. The Morgan fingerprint density at radius 3 is 2.38 bits per heavy atom. The van der Waals surface area contributed by atoms with Crippen LogP contribution < -0.4 is 0 Å². The number of hydrogen-bond acceptors (Lipinski definition) is 4. The highest BCUT2D eigenvalue weighted by Gasteiger charge is 2.10. The molecule has 0 aromatic carbocycles. The highest BCUT2D eigenvalue weighted by Crippen LogP contribution is 1.87. The summed E-state index contributed by atoms with van der Waals surface area (Å²) >= 11 is 0. The Bertz CT molecular complexity index is 79.7. The van der Waals surface area contributed by atoms with Gasteiger partial charge in [-0.1, -0.05) is 5.04 Å². The van der Waals surface area contributed by atoms with Crippen molar-refractivity contribution in [2.75, 3.05) is 0 Å². The summed E-state index contributed by atoms with van der Waals surface area (Å²) in [5.74, 6) is -1.20. The number of carbonyl (C=O) groups is 1. The zero-order valence-corrected chi connectivity index (χ0v) is 4.20. The van der Waals surface area contributed by atoms with Crippen LogP contribution >= 0.6 is 0 Å². The average molecular weight is 122 g/mol. The van der Waals surface area contributed by atoms with Crippen molar-refractivity contribution >= 4 is 5.97 Å². The first-order valence-corrected chi connectivity index (χ1v) is 1.88. The third kappa shape index (κ3) is 2.51. The van der Waals surface area contributed by atoms with E-state index in [0.29, 0.717) is 0 Å². The Hall–Kier alpha value is -0.650. The van der Waals surface area contributed by atoms with Crippen LogP contribution in [-0.4, -0.2) is 22.4 Å². The zero-order valence-electron chi connectivity index (χ0n) is 4.20. The van der Waals surface area contributed by atoms with E-state index in [0.717, 1.165) is 0 Å². The Morgan fingerprint density at radius 1 is 1.75 bits per heavy atom. The van der Waals surface area contributed by atoms with E-state index in [1.807, 2.05) is 0 Å². The Morgan fingerprint density at radius 2 is 2.25 bits per heavy atom. The fourth-order valence-corrected chi connectivity index (χ4v) is 0.106. The van der Waals surface area contributed by atoms with Crippen LogP contribution in [0.3, 0.4) is 0 Å². The number of carboxylic acid groups (broad SMARTS) is 1. The molecule has 0 radical (unpaired) electrons. The normalized spacial score (nSPS) is 13.2. The SMILES string of the molecule is CC(OOO)C(=O)O. The van der Waals surface area contributed by atoms with Crippen molar-refractivity contribution in [3.05, 3.63) is 0 Å². The van der Waals surface area contributed by atoms with E-state index in [1.54, 1.807) is 0 Å². The monoisotopic (exact) mass is 122 g/mol. The van der Waals surface area contributed by atoms with E-state index >= 15 is 0 Å². The van der Waals surface area contributed by atoms with Gasteiger partial charge in [0.05, 0.1) is 0 Å². The van der Waals surface area contributed by atoms with E-state index in [4.69, 9.17) is 10.4 Å². The van der Waals surface area contributed by atoms with Crippen molar-refractivity contribution in [2.45, 2.75) is 13.0 Å². The van der Waals surface area contributed by atoms with Crippen LogP contribution in [-0.2, 0) is 14.7 Å².